The van der Waals surface area contributed by atoms with Gasteiger partial charge in [0.05, 0.1) is 25.4 Å². The van der Waals surface area contributed by atoms with Gasteiger partial charge >= 0.3 is 11.9 Å². The molecule has 0 amide bonds. The maximum absolute atomic E-state index is 12.2. The summed E-state index contributed by atoms with van der Waals surface area (Å²) in [6.45, 7) is 11.8. The average molecular weight is 292 g/mol. The lowest BCUT2D eigenvalue weighted by Crippen LogP contribution is -2.17. The molecule has 1 aliphatic carbocycles. The van der Waals surface area contributed by atoms with Crippen molar-refractivity contribution < 1.29 is 19.1 Å². The SMILES string of the molecule is COC(=O)C1=C(C(=O)OC)C(C)=C(C)C(C)(C)C(C)=C1C. The Morgan fingerprint density at radius 1 is 0.762 bits per heavy atom. The molecule has 0 aromatic rings. The number of allylic oxidation sites excluding steroid dienone is 2. The summed E-state index contributed by atoms with van der Waals surface area (Å²) >= 11 is 0. The first-order valence-corrected chi connectivity index (χ1v) is 6.88. The van der Waals surface area contributed by atoms with Crippen LogP contribution in [0.25, 0.3) is 0 Å². The maximum atomic E-state index is 12.2. The maximum Gasteiger partial charge on any atom is 0.339 e. The second-order valence-corrected chi connectivity index (χ2v) is 5.86. The highest BCUT2D eigenvalue weighted by Gasteiger charge is 2.36. The highest BCUT2D eigenvalue weighted by molar-refractivity contribution is 6.06. The first-order valence-electron chi connectivity index (χ1n) is 6.88. The van der Waals surface area contributed by atoms with E-state index < -0.39 is 11.9 Å². The third-order valence-corrected chi connectivity index (χ3v) is 4.78. The van der Waals surface area contributed by atoms with Crippen LogP contribution in [0, 0.1) is 5.41 Å². The Balaban J connectivity index is 3.91. The van der Waals surface area contributed by atoms with Crippen LogP contribution in [0.5, 0.6) is 0 Å². The van der Waals surface area contributed by atoms with Crippen LogP contribution in [0.1, 0.15) is 41.5 Å². The van der Waals surface area contributed by atoms with Crippen LogP contribution in [0.2, 0.25) is 0 Å². The van der Waals surface area contributed by atoms with E-state index in [1.165, 1.54) is 14.2 Å². The first kappa shape index (κ1) is 17.2. The van der Waals surface area contributed by atoms with E-state index in [9.17, 15) is 9.59 Å². The van der Waals surface area contributed by atoms with Gasteiger partial charge in [-0.25, -0.2) is 9.59 Å². The molecule has 0 bridgehead atoms. The highest BCUT2D eigenvalue weighted by Crippen LogP contribution is 2.44. The van der Waals surface area contributed by atoms with E-state index >= 15 is 0 Å². The second-order valence-electron chi connectivity index (χ2n) is 5.86. The predicted octanol–water partition coefficient (Wildman–Crippen LogP) is 3.34. The summed E-state index contributed by atoms with van der Waals surface area (Å²) in [7, 11) is 2.63. The molecule has 21 heavy (non-hydrogen) atoms. The molecule has 0 saturated heterocycles. The molecule has 0 heterocycles. The molecule has 1 rings (SSSR count). The van der Waals surface area contributed by atoms with E-state index in [0.29, 0.717) is 11.1 Å². The standard InChI is InChI=1S/C17H24O4/c1-9-11(3)17(5,6)12(4)10(2)14(16(19)21-8)13(9)15(18)20-7/h1-8H3. The Labute approximate surface area is 126 Å². The van der Waals surface area contributed by atoms with Gasteiger partial charge in [0.2, 0.25) is 0 Å². The lowest BCUT2D eigenvalue weighted by molar-refractivity contribution is -0.138. The van der Waals surface area contributed by atoms with E-state index in [0.717, 1.165) is 22.3 Å². The van der Waals surface area contributed by atoms with Crippen molar-refractivity contribution in [3.8, 4) is 0 Å². The quantitative estimate of drug-likeness (QED) is 0.732. The van der Waals surface area contributed by atoms with E-state index in [4.69, 9.17) is 9.47 Å². The third-order valence-electron chi connectivity index (χ3n) is 4.78. The van der Waals surface area contributed by atoms with Crippen molar-refractivity contribution >= 4 is 11.9 Å². The summed E-state index contributed by atoms with van der Waals surface area (Å²) < 4.78 is 9.76. The van der Waals surface area contributed by atoms with Gasteiger partial charge < -0.3 is 9.47 Å². The van der Waals surface area contributed by atoms with Crippen LogP contribution >= 0.6 is 0 Å². The van der Waals surface area contributed by atoms with Crippen LogP contribution in [-0.4, -0.2) is 26.2 Å². The largest absolute Gasteiger partial charge is 0.465 e. The molecule has 4 heteroatoms. The summed E-state index contributed by atoms with van der Waals surface area (Å²) in [4.78, 5) is 24.5. The van der Waals surface area contributed by atoms with Crippen molar-refractivity contribution in [1.29, 1.82) is 0 Å². The van der Waals surface area contributed by atoms with Gasteiger partial charge in [-0.1, -0.05) is 25.0 Å². The molecule has 0 saturated carbocycles. The molecule has 0 aromatic carbocycles. The molecule has 0 aliphatic heterocycles. The number of rotatable bonds is 2. The topological polar surface area (TPSA) is 52.6 Å². The Morgan fingerprint density at radius 3 is 1.29 bits per heavy atom. The van der Waals surface area contributed by atoms with Gasteiger partial charge in [0.1, 0.15) is 0 Å². The number of esters is 2. The fourth-order valence-electron chi connectivity index (χ4n) is 2.68. The monoisotopic (exact) mass is 292 g/mol. The first-order chi connectivity index (χ1) is 9.61. The number of hydrogen-bond acceptors (Lipinski definition) is 4. The van der Waals surface area contributed by atoms with E-state index in [1.807, 2.05) is 27.7 Å². The number of carbonyl (C=O) groups is 2. The van der Waals surface area contributed by atoms with Gasteiger partial charge in [0.15, 0.2) is 0 Å². The minimum Gasteiger partial charge on any atom is -0.465 e. The molecule has 4 nitrogen and oxygen atoms in total. The molecule has 0 unspecified atom stereocenters. The van der Waals surface area contributed by atoms with E-state index in [1.54, 1.807) is 0 Å². The summed E-state index contributed by atoms with van der Waals surface area (Å²) in [5.74, 6) is -1.03. The van der Waals surface area contributed by atoms with Gasteiger partial charge in [-0.3, -0.25) is 0 Å². The van der Waals surface area contributed by atoms with Crippen LogP contribution in [0.15, 0.2) is 33.4 Å². The molecule has 0 N–H and O–H groups in total. The number of hydrogen-bond donors (Lipinski definition) is 0. The molecule has 0 atom stereocenters. The minimum absolute atomic E-state index is 0.247. The van der Waals surface area contributed by atoms with Gasteiger partial charge in [-0.15, -0.1) is 0 Å². The Hall–Kier alpha value is -1.84. The van der Waals surface area contributed by atoms with Crippen LogP contribution in [-0.2, 0) is 19.1 Å². The van der Waals surface area contributed by atoms with Crippen molar-refractivity contribution in [2.24, 2.45) is 5.41 Å². The molecule has 1 aliphatic rings. The number of ether oxygens (including phenoxy) is 2. The normalized spacial score (nSPS) is 18.7. The second kappa shape index (κ2) is 5.88. The van der Waals surface area contributed by atoms with Crippen LogP contribution in [0.4, 0.5) is 0 Å². The fraction of sp³-hybridized carbons (Fsp3) is 0.529. The van der Waals surface area contributed by atoms with Gasteiger partial charge in [0.25, 0.3) is 0 Å². The van der Waals surface area contributed by atoms with Crippen molar-refractivity contribution in [2.75, 3.05) is 14.2 Å². The Kier molecular flexibility index (Phi) is 4.82. The smallest absolute Gasteiger partial charge is 0.339 e. The zero-order chi connectivity index (χ0) is 16.5. The molecule has 0 fully saturated rings. The lowest BCUT2D eigenvalue weighted by atomic mass is 9.76. The summed E-state index contributed by atoms with van der Waals surface area (Å²) in [6.07, 6.45) is 0. The van der Waals surface area contributed by atoms with Gasteiger partial charge in [0, 0.05) is 5.41 Å². The molecular formula is C17H24O4. The predicted molar refractivity (Wildman–Crippen MR) is 81.6 cm³/mol. The van der Waals surface area contributed by atoms with Crippen molar-refractivity contribution in [2.45, 2.75) is 41.5 Å². The van der Waals surface area contributed by atoms with Crippen molar-refractivity contribution in [3.05, 3.63) is 33.4 Å². The molecule has 0 radical (unpaired) electrons. The van der Waals surface area contributed by atoms with Gasteiger partial charge in [-0.05, 0) is 38.8 Å². The summed E-state index contributed by atoms with van der Waals surface area (Å²) in [5, 5.41) is 0. The number of carbonyl (C=O) groups excluding carboxylic acids is 2. The lowest BCUT2D eigenvalue weighted by Gasteiger charge is -2.29. The molecular weight excluding hydrogens is 268 g/mol. The highest BCUT2D eigenvalue weighted by atomic mass is 16.5. The zero-order valence-electron chi connectivity index (χ0n) is 14.1. The third kappa shape index (κ3) is 2.67. The van der Waals surface area contributed by atoms with Crippen molar-refractivity contribution in [1.82, 2.24) is 0 Å². The van der Waals surface area contributed by atoms with Crippen LogP contribution in [0.3, 0.4) is 0 Å². The minimum atomic E-state index is -0.517. The summed E-state index contributed by atoms with van der Waals surface area (Å²) in [5.41, 5.74) is 3.96. The Bertz CT molecular complexity index is 536. The average Bonchev–Trinajstić information content (AvgIpc) is 2.51. The molecule has 0 aromatic heterocycles. The van der Waals surface area contributed by atoms with E-state index in [2.05, 4.69) is 13.8 Å². The fourth-order valence-corrected chi connectivity index (χ4v) is 2.68. The molecule has 0 spiro atoms. The summed E-state index contributed by atoms with van der Waals surface area (Å²) in [6, 6.07) is 0. The number of methoxy groups -OCH3 is 2. The van der Waals surface area contributed by atoms with Crippen LogP contribution < -0.4 is 0 Å². The zero-order valence-corrected chi connectivity index (χ0v) is 14.1. The van der Waals surface area contributed by atoms with Crippen molar-refractivity contribution in [3.63, 3.8) is 0 Å². The Morgan fingerprint density at radius 2 is 1.05 bits per heavy atom. The molecule has 116 valence electrons. The van der Waals surface area contributed by atoms with E-state index in [-0.39, 0.29) is 5.41 Å². The van der Waals surface area contributed by atoms with Gasteiger partial charge in [-0.2, -0.15) is 0 Å².